The number of sulfonamides is 1. The van der Waals surface area contributed by atoms with Crippen molar-refractivity contribution in [3.05, 3.63) is 11.4 Å². The molecule has 6 nitrogen and oxygen atoms in total. The summed E-state index contributed by atoms with van der Waals surface area (Å²) in [5.74, 6) is 0.570. The van der Waals surface area contributed by atoms with Crippen LogP contribution in [0.5, 0.6) is 0 Å². The lowest BCUT2D eigenvalue weighted by atomic mass is 10.1. The molecule has 120 valence electrons. The fourth-order valence-electron chi connectivity index (χ4n) is 1.71. The van der Waals surface area contributed by atoms with Crippen molar-refractivity contribution in [2.75, 3.05) is 30.0 Å². The van der Waals surface area contributed by atoms with Crippen LogP contribution in [-0.2, 0) is 20.2 Å². The minimum absolute atomic E-state index is 0.0813. The molecule has 0 saturated heterocycles. The maximum absolute atomic E-state index is 11.5. The average Bonchev–Trinajstić information content (AvgIpc) is 2.27. The predicted molar refractivity (Wildman–Crippen MR) is 88.1 cm³/mol. The van der Waals surface area contributed by atoms with Gasteiger partial charge in [0.25, 0.3) is 0 Å². The molecule has 0 amide bonds. The molecule has 0 fully saturated rings. The Labute approximate surface area is 139 Å². The van der Waals surface area contributed by atoms with Crippen molar-refractivity contribution < 1.29 is 8.42 Å². The zero-order chi connectivity index (χ0) is 16.4. The highest BCUT2D eigenvalue weighted by molar-refractivity contribution is 7.92. The third-order valence-electron chi connectivity index (χ3n) is 2.44. The quantitative estimate of drug-likeness (QED) is 0.801. The minimum Gasteiger partial charge on any atom is -0.362 e. The molecule has 1 N–H and O–H groups in total. The van der Waals surface area contributed by atoms with Gasteiger partial charge in [-0.1, -0.05) is 48.1 Å². The summed E-state index contributed by atoms with van der Waals surface area (Å²) in [6, 6.07) is 0. The van der Waals surface area contributed by atoms with Crippen molar-refractivity contribution in [1.82, 2.24) is 9.97 Å². The van der Waals surface area contributed by atoms with E-state index in [2.05, 4.69) is 14.7 Å². The van der Waals surface area contributed by atoms with Crippen LogP contribution in [-0.4, -0.2) is 38.7 Å². The van der Waals surface area contributed by atoms with Crippen LogP contribution < -0.4 is 9.62 Å². The van der Waals surface area contributed by atoms with Gasteiger partial charge in [-0.15, -0.1) is 0 Å². The summed E-state index contributed by atoms with van der Waals surface area (Å²) in [5, 5.41) is 0. The SMILES string of the molecule is CCCc1c(NS(C)(=O)=O)nc(C(Cl)(Cl)Cl)nc1N(C)C. The smallest absolute Gasteiger partial charge is 0.250 e. The predicted octanol–water partition coefficient (Wildman–Crippen LogP) is 2.69. The molecule has 1 aromatic rings. The third-order valence-corrected chi connectivity index (χ3v) is 3.52. The Morgan fingerprint density at radius 1 is 1.24 bits per heavy atom. The van der Waals surface area contributed by atoms with E-state index in [-0.39, 0.29) is 11.6 Å². The van der Waals surface area contributed by atoms with Crippen LogP contribution >= 0.6 is 34.8 Å². The van der Waals surface area contributed by atoms with E-state index in [4.69, 9.17) is 34.8 Å². The van der Waals surface area contributed by atoms with Crippen LogP contribution in [0, 0.1) is 0 Å². The normalized spacial score (nSPS) is 12.3. The van der Waals surface area contributed by atoms with Gasteiger partial charge in [0.15, 0.2) is 5.82 Å². The first-order valence-electron chi connectivity index (χ1n) is 6.09. The first-order valence-corrected chi connectivity index (χ1v) is 9.11. The fourth-order valence-corrected chi connectivity index (χ4v) is 2.48. The van der Waals surface area contributed by atoms with Gasteiger partial charge >= 0.3 is 0 Å². The van der Waals surface area contributed by atoms with E-state index in [1.807, 2.05) is 6.92 Å². The molecule has 0 spiro atoms. The average molecular weight is 376 g/mol. The van der Waals surface area contributed by atoms with Crippen LogP contribution in [0.25, 0.3) is 0 Å². The zero-order valence-corrected chi connectivity index (χ0v) is 15.2. The van der Waals surface area contributed by atoms with Gasteiger partial charge in [-0.25, -0.2) is 18.4 Å². The summed E-state index contributed by atoms with van der Waals surface area (Å²) in [6.07, 6.45) is 2.41. The molecular formula is C11H17Cl3N4O2S. The Bertz CT molecular complexity index is 615. The van der Waals surface area contributed by atoms with E-state index in [1.54, 1.807) is 19.0 Å². The highest BCUT2D eigenvalue weighted by atomic mass is 35.6. The molecule has 0 aliphatic rings. The maximum atomic E-state index is 11.5. The Morgan fingerprint density at radius 2 is 1.81 bits per heavy atom. The first kappa shape index (κ1) is 18.5. The number of nitrogens with one attached hydrogen (secondary N) is 1. The van der Waals surface area contributed by atoms with Gasteiger partial charge in [0, 0.05) is 19.7 Å². The van der Waals surface area contributed by atoms with Crippen LogP contribution in [0.3, 0.4) is 0 Å². The van der Waals surface area contributed by atoms with E-state index in [0.717, 1.165) is 12.7 Å². The lowest BCUT2D eigenvalue weighted by Crippen LogP contribution is -2.22. The summed E-state index contributed by atoms with van der Waals surface area (Å²) in [4.78, 5) is 10.0. The van der Waals surface area contributed by atoms with Crippen molar-refractivity contribution in [2.24, 2.45) is 0 Å². The molecule has 0 saturated carbocycles. The molecule has 0 aliphatic heterocycles. The van der Waals surface area contributed by atoms with Crippen LogP contribution in [0.1, 0.15) is 24.7 Å². The van der Waals surface area contributed by atoms with Gasteiger partial charge in [0.1, 0.15) is 11.6 Å². The van der Waals surface area contributed by atoms with E-state index in [0.29, 0.717) is 17.8 Å². The molecule has 0 atom stereocenters. The number of hydrogen-bond acceptors (Lipinski definition) is 5. The van der Waals surface area contributed by atoms with Crippen molar-refractivity contribution in [1.29, 1.82) is 0 Å². The lowest BCUT2D eigenvalue weighted by Gasteiger charge is -2.21. The van der Waals surface area contributed by atoms with Crippen molar-refractivity contribution in [2.45, 2.75) is 23.6 Å². The summed E-state index contributed by atoms with van der Waals surface area (Å²) in [5.41, 5.74) is 0.658. The van der Waals surface area contributed by atoms with Gasteiger partial charge in [-0.05, 0) is 6.42 Å². The fraction of sp³-hybridized carbons (Fsp3) is 0.636. The standard InChI is InChI=1S/C11H17Cl3N4O2S/c1-5-6-7-8(17-21(4,19)20)15-10(11(12,13)14)16-9(7)18(2)3/h5-6H2,1-4H3,(H,15,16,17). The number of alkyl halides is 3. The number of hydrogen-bond donors (Lipinski definition) is 1. The molecular weight excluding hydrogens is 359 g/mol. The third kappa shape index (κ3) is 5.32. The molecule has 1 heterocycles. The summed E-state index contributed by atoms with van der Waals surface area (Å²) < 4.78 is 23.5. The monoisotopic (exact) mass is 374 g/mol. The Morgan fingerprint density at radius 3 is 2.19 bits per heavy atom. The van der Waals surface area contributed by atoms with E-state index in [9.17, 15) is 8.42 Å². The Balaban J connectivity index is 3.58. The van der Waals surface area contributed by atoms with Gasteiger partial charge in [0.05, 0.1) is 6.26 Å². The number of rotatable bonds is 5. The van der Waals surface area contributed by atoms with Gasteiger partial charge in [-0.3, -0.25) is 4.72 Å². The topological polar surface area (TPSA) is 75.2 Å². The molecule has 0 aliphatic carbocycles. The molecule has 0 radical (unpaired) electrons. The molecule has 0 aromatic carbocycles. The van der Waals surface area contributed by atoms with Crippen LogP contribution in [0.4, 0.5) is 11.6 Å². The highest BCUT2D eigenvalue weighted by Gasteiger charge is 2.30. The van der Waals surface area contributed by atoms with Crippen molar-refractivity contribution >= 4 is 56.5 Å². The van der Waals surface area contributed by atoms with Gasteiger partial charge < -0.3 is 4.90 Å². The second kappa shape index (κ2) is 6.73. The van der Waals surface area contributed by atoms with E-state index >= 15 is 0 Å². The lowest BCUT2D eigenvalue weighted by molar-refractivity contribution is 0.606. The van der Waals surface area contributed by atoms with E-state index < -0.39 is 13.8 Å². The largest absolute Gasteiger partial charge is 0.362 e. The number of nitrogens with zero attached hydrogens (tertiary/aromatic N) is 3. The molecule has 21 heavy (non-hydrogen) atoms. The molecule has 0 unspecified atom stereocenters. The van der Waals surface area contributed by atoms with Crippen molar-refractivity contribution in [3.63, 3.8) is 0 Å². The number of halogens is 3. The summed E-state index contributed by atoms with van der Waals surface area (Å²) in [6.45, 7) is 1.96. The van der Waals surface area contributed by atoms with Gasteiger partial charge in [-0.2, -0.15) is 0 Å². The molecule has 10 heteroatoms. The van der Waals surface area contributed by atoms with Gasteiger partial charge in [0.2, 0.25) is 13.8 Å². The Hall–Kier alpha value is -0.500. The second-order valence-corrected chi connectivity index (χ2v) is 8.74. The summed E-state index contributed by atoms with van der Waals surface area (Å²) in [7, 11) is 0.0327. The van der Waals surface area contributed by atoms with E-state index in [1.165, 1.54) is 0 Å². The first-order chi connectivity index (χ1) is 9.45. The molecule has 1 aromatic heterocycles. The van der Waals surface area contributed by atoms with Crippen LogP contribution in [0.15, 0.2) is 0 Å². The zero-order valence-electron chi connectivity index (χ0n) is 12.1. The van der Waals surface area contributed by atoms with Crippen LogP contribution in [0.2, 0.25) is 0 Å². The highest BCUT2D eigenvalue weighted by Crippen LogP contribution is 2.38. The Kier molecular flexibility index (Phi) is 5.94. The summed E-state index contributed by atoms with van der Waals surface area (Å²) >= 11 is 17.5. The number of anilines is 2. The maximum Gasteiger partial charge on any atom is 0.250 e. The number of aromatic nitrogens is 2. The van der Waals surface area contributed by atoms with Crippen molar-refractivity contribution in [3.8, 4) is 0 Å². The minimum atomic E-state index is -3.51. The molecule has 0 bridgehead atoms. The molecule has 1 rings (SSSR count). The second-order valence-electron chi connectivity index (χ2n) is 4.71.